The molecule has 1 amide bonds. The molecule has 0 saturated heterocycles. The predicted molar refractivity (Wildman–Crippen MR) is 98.7 cm³/mol. The second-order valence-electron chi connectivity index (χ2n) is 6.94. The van der Waals surface area contributed by atoms with Crippen LogP contribution < -0.4 is 5.32 Å². The number of aryl methyl sites for hydroxylation is 1. The summed E-state index contributed by atoms with van der Waals surface area (Å²) >= 11 is 0. The van der Waals surface area contributed by atoms with E-state index < -0.39 is 0 Å². The lowest BCUT2D eigenvalue weighted by atomic mass is 9.95. The Balaban J connectivity index is 2.03. The van der Waals surface area contributed by atoms with Crippen LogP contribution in [0.1, 0.15) is 64.6 Å². The van der Waals surface area contributed by atoms with Crippen molar-refractivity contribution in [3.05, 3.63) is 57.9 Å². The van der Waals surface area contributed by atoms with Crippen molar-refractivity contribution in [2.45, 2.75) is 59.4 Å². The van der Waals surface area contributed by atoms with Crippen LogP contribution in [-0.4, -0.2) is 17.0 Å². The van der Waals surface area contributed by atoms with Crippen molar-refractivity contribution in [2.75, 3.05) is 6.54 Å². The van der Waals surface area contributed by atoms with Crippen molar-refractivity contribution in [1.29, 1.82) is 0 Å². The highest BCUT2D eigenvalue weighted by Gasteiger charge is 2.25. The number of carbonyl (C=O) groups excluding carboxylic acids is 1. The summed E-state index contributed by atoms with van der Waals surface area (Å²) in [4.78, 5) is 12.8. The zero-order chi connectivity index (χ0) is 17.1. The number of hydrogen-bond acceptors (Lipinski definition) is 1. The van der Waals surface area contributed by atoms with Crippen LogP contribution in [0.25, 0.3) is 0 Å². The number of fused-ring (bicyclic) bond motifs is 1. The van der Waals surface area contributed by atoms with Gasteiger partial charge >= 0.3 is 0 Å². The molecule has 1 aromatic heterocycles. The fourth-order valence-corrected chi connectivity index (χ4v) is 3.85. The molecule has 0 radical (unpaired) electrons. The molecular weight excluding hydrogens is 296 g/mol. The minimum absolute atomic E-state index is 0.0800. The largest absolute Gasteiger partial charge is 0.351 e. The summed E-state index contributed by atoms with van der Waals surface area (Å²) in [7, 11) is 0. The first kappa shape index (κ1) is 16.8. The maximum atomic E-state index is 12.8. The van der Waals surface area contributed by atoms with Gasteiger partial charge in [-0.05, 0) is 62.6 Å². The normalized spacial score (nSPS) is 13.6. The van der Waals surface area contributed by atoms with Gasteiger partial charge in [0.15, 0.2) is 0 Å². The van der Waals surface area contributed by atoms with Crippen LogP contribution in [0.3, 0.4) is 0 Å². The molecule has 3 rings (SSSR count). The number of hydrogen-bond donors (Lipinski definition) is 1. The molecule has 0 spiro atoms. The molecule has 1 heterocycles. The SMILES string of the molecule is CCCNC(=O)c1c(C)c2c(n1Cc1cccc(C)c1)CCCC2. The first-order valence-corrected chi connectivity index (χ1v) is 9.16. The van der Waals surface area contributed by atoms with Crippen molar-refractivity contribution in [3.8, 4) is 0 Å². The Morgan fingerprint density at radius 3 is 2.75 bits per heavy atom. The lowest BCUT2D eigenvalue weighted by Crippen LogP contribution is -2.28. The lowest BCUT2D eigenvalue weighted by molar-refractivity contribution is 0.0944. The maximum Gasteiger partial charge on any atom is 0.268 e. The lowest BCUT2D eigenvalue weighted by Gasteiger charge is -2.17. The highest BCUT2D eigenvalue weighted by molar-refractivity contribution is 5.95. The third kappa shape index (κ3) is 3.26. The van der Waals surface area contributed by atoms with E-state index in [4.69, 9.17) is 0 Å². The van der Waals surface area contributed by atoms with Gasteiger partial charge in [0.05, 0.1) is 0 Å². The Hall–Kier alpha value is -2.03. The van der Waals surface area contributed by atoms with Gasteiger partial charge in [-0.25, -0.2) is 0 Å². The summed E-state index contributed by atoms with van der Waals surface area (Å²) in [6.45, 7) is 7.85. The number of carbonyl (C=O) groups is 1. The predicted octanol–water partition coefficient (Wildman–Crippen LogP) is 4.17. The van der Waals surface area contributed by atoms with E-state index in [0.717, 1.165) is 38.0 Å². The fourth-order valence-electron chi connectivity index (χ4n) is 3.85. The molecule has 2 aromatic rings. The Labute approximate surface area is 145 Å². The van der Waals surface area contributed by atoms with Gasteiger partial charge in [-0.15, -0.1) is 0 Å². The van der Waals surface area contributed by atoms with E-state index in [0.29, 0.717) is 0 Å². The minimum atomic E-state index is 0.0800. The summed E-state index contributed by atoms with van der Waals surface area (Å²) in [5.74, 6) is 0.0800. The fraction of sp³-hybridized carbons (Fsp3) is 0.476. The third-order valence-corrected chi connectivity index (χ3v) is 5.02. The van der Waals surface area contributed by atoms with Crippen molar-refractivity contribution in [2.24, 2.45) is 0 Å². The molecule has 1 aliphatic rings. The Morgan fingerprint density at radius 2 is 2.00 bits per heavy atom. The van der Waals surface area contributed by atoms with E-state index in [9.17, 15) is 4.79 Å². The monoisotopic (exact) mass is 324 g/mol. The van der Waals surface area contributed by atoms with E-state index in [1.165, 1.54) is 40.8 Å². The number of benzene rings is 1. The van der Waals surface area contributed by atoms with Crippen LogP contribution in [0.2, 0.25) is 0 Å². The number of nitrogens with one attached hydrogen (secondary N) is 1. The second-order valence-corrected chi connectivity index (χ2v) is 6.94. The molecule has 3 nitrogen and oxygen atoms in total. The standard InChI is InChI=1S/C21H28N2O/c1-4-12-22-21(24)20-16(3)18-10-5-6-11-19(18)23(20)14-17-9-7-8-15(2)13-17/h7-9,13H,4-6,10-12,14H2,1-3H3,(H,22,24). The summed E-state index contributed by atoms with van der Waals surface area (Å²) in [5, 5.41) is 3.08. The Morgan fingerprint density at radius 1 is 1.21 bits per heavy atom. The van der Waals surface area contributed by atoms with E-state index >= 15 is 0 Å². The Kier molecular flexibility index (Phi) is 5.08. The molecule has 0 atom stereocenters. The second kappa shape index (κ2) is 7.25. The number of rotatable bonds is 5. The molecule has 1 aromatic carbocycles. The third-order valence-electron chi connectivity index (χ3n) is 5.02. The first-order chi connectivity index (χ1) is 11.6. The van der Waals surface area contributed by atoms with Gasteiger partial charge in [0.1, 0.15) is 5.69 Å². The quantitative estimate of drug-likeness (QED) is 0.880. The minimum Gasteiger partial charge on any atom is -0.351 e. The molecule has 0 unspecified atom stereocenters. The molecule has 128 valence electrons. The van der Waals surface area contributed by atoms with E-state index in [1.54, 1.807) is 0 Å². The van der Waals surface area contributed by atoms with Crippen LogP contribution in [-0.2, 0) is 19.4 Å². The van der Waals surface area contributed by atoms with Gasteiger partial charge in [0, 0.05) is 18.8 Å². The molecule has 0 bridgehead atoms. The highest BCUT2D eigenvalue weighted by Crippen LogP contribution is 2.30. The van der Waals surface area contributed by atoms with E-state index in [-0.39, 0.29) is 5.91 Å². The van der Waals surface area contributed by atoms with Gasteiger partial charge in [-0.3, -0.25) is 4.79 Å². The maximum absolute atomic E-state index is 12.8. The van der Waals surface area contributed by atoms with Crippen molar-refractivity contribution in [1.82, 2.24) is 9.88 Å². The van der Waals surface area contributed by atoms with Crippen molar-refractivity contribution in [3.63, 3.8) is 0 Å². The Bertz CT molecular complexity index is 743. The summed E-state index contributed by atoms with van der Waals surface area (Å²) in [6.07, 6.45) is 5.61. The van der Waals surface area contributed by atoms with Crippen molar-refractivity contribution >= 4 is 5.91 Å². The number of aromatic nitrogens is 1. The van der Waals surface area contributed by atoms with Crippen molar-refractivity contribution < 1.29 is 4.79 Å². The summed E-state index contributed by atoms with van der Waals surface area (Å²) in [5.41, 5.74) is 7.38. The molecule has 0 fully saturated rings. The molecular formula is C21H28N2O. The van der Waals surface area contributed by atoms with Gasteiger partial charge < -0.3 is 9.88 Å². The zero-order valence-corrected chi connectivity index (χ0v) is 15.1. The molecule has 1 aliphatic carbocycles. The topological polar surface area (TPSA) is 34.0 Å². The van der Waals surface area contributed by atoms with Crippen LogP contribution in [0.5, 0.6) is 0 Å². The van der Waals surface area contributed by atoms with Crippen LogP contribution >= 0.6 is 0 Å². The summed E-state index contributed by atoms with van der Waals surface area (Å²) < 4.78 is 2.28. The van der Waals surface area contributed by atoms with Crippen LogP contribution in [0.15, 0.2) is 24.3 Å². The molecule has 3 heteroatoms. The summed E-state index contributed by atoms with van der Waals surface area (Å²) in [6, 6.07) is 8.60. The average Bonchev–Trinajstić information content (AvgIpc) is 2.86. The first-order valence-electron chi connectivity index (χ1n) is 9.16. The molecule has 0 aliphatic heterocycles. The highest BCUT2D eigenvalue weighted by atomic mass is 16.1. The van der Waals surface area contributed by atoms with Crippen LogP contribution in [0, 0.1) is 13.8 Å². The van der Waals surface area contributed by atoms with Gasteiger partial charge in [0.25, 0.3) is 5.91 Å². The molecule has 24 heavy (non-hydrogen) atoms. The van der Waals surface area contributed by atoms with Gasteiger partial charge in [-0.2, -0.15) is 0 Å². The average molecular weight is 324 g/mol. The number of nitrogens with zero attached hydrogens (tertiary/aromatic N) is 1. The van der Waals surface area contributed by atoms with Gasteiger partial charge in [-0.1, -0.05) is 36.8 Å². The van der Waals surface area contributed by atoms with Crippen LogP contribution in [0.4, 0.5) is 0 Å². The smallest absolute Gasteiger partial charge is 0.268 e. The van der Waals surface area contributed by atoms with E-state index in [2.05, 4.69) is 54.9 Å². The molecule has 0 saturated carbocycles. The van der Waals surface area contributed by atoms with E-state index in [1.807, 2.05) is 0 Å². The number of amides is 1. The zero-order valence-electron chi connectivity index (χ0n) is 15.1. The van der Waals surface area contributed by atoms with Gasteiger partial charge in [0.2, 0.25) is 0 Å². The molecule has 1 N–H and O–H groups in total.